The molecule has 0 fully saturated rings. The van der Waals surface area contributed by atoms with Gasteiger partial charge in [-0.2, -0.15) is 0 Å². The second kappa shape index (κ2) is 4.75. The molecule has 0 aromatic heterocycles. The van der Waals surface area contributed by atoms with Crippen LogP contribution in [0.1, 0.15) is 6.92 Å². The van der Waals surface area contributed by atoms with Crippen LogP contribution in [-0.2, 0) is 18.8 Å². The Labute approximate surface area is 61.4 Å². The fourth-order valence-electron chi connectivity index (χ4n) is 0.261. The van der Waals surface area contributed by atoms with Crippen LogP contribution in [0.2, 0.25) is 0 Å². The van der Waals surface area contributed by atoms with Crippen LogP contribution in [0.4, 0.5) is 0 Å². The van der Waals surface area contributed by atoms with Gasteiger partial charge in [0.15, 0.2) is 0 Å². The molecule has 0 aliphatic heterocycles. The Kier molecular flexibility index (Phi) is 4.22. The molecule has 56 valence electrons. The van der Waals surface area contributed by atoms with Crippen molar-refractivity contribution < 1.29 is 18.8 Å². The van der Waals surface area contributed by atoms with Crippen molar-refractivity contribution >= 4 is 22.4 Å². The molecule has 5 heteroatoms. The highest BCUT2D eigenvalue weighted by Crippen LogP contribution is 1.82. The molecule has 0 heterocycles. The van der Waals surface area contributed by atoms with Crippen molar-refractivity contribution in [2.45, 2.75) is 6.92 Å². The van der Waals surface area contributed by atoms with E-state index in [0.29, 0.717) is 0 Å². The lowest BCUT2D eigenvalue weighted by molar-refractivity contribution is -0.158. The Bertz CT molecular complexity index is 163. The predicted octanol–water partition coefficient (Wildman–Crippen LogP) is -1.11. The molecular weight excluding hydrogens is 152 g/mol. The summed E-state index contributed by atoms with van der Waals surface area (Å²) in [5.74, 6) is -1.92. The fraction of sp³-hybridized carbons (Fsp3) is 0.200. The SMILES string of the molecule is CC=COC(=O)C(=O)O[SiH3]. The van der Waals surface area contributed by atoms with Crippen molar-refractivity contribution in [3.63, 3.8) is 0 Å². The zero-order chi connectivity index (χ0) is 7.98. The van der Waals surface area contributed by atoms with E-state index in [1.54, 1.807) is 6.92 Å². The Morgan fingerprint density at radius 2 is 2.00 bits per heavy atom. The summed E-state index contributed by atoms with van der Waals surface area (Å²) in [7, 11) is 0.205. The van der Waals surface area contributed by atoms with Gasteiger partial charge in [-0.05, 0) is 6.92 Å². The van der Waals surface area contributed by atoms with Crippen molar-refractivity contribution in [3.05, 3.63) is 12.3 Å². The molecule has 0 N–H and O–H groups in total. The topological polar surface area (TPSA) is 52.6 Å². The van der Waals surface area contributed by atoms with Crippen LogP contribution < -0.4 is 0 Å². The highest BCUT2D eigenvalue weighted by Gasteiger charge is 2.12. The van der Waals surface area contributed by atoms with E-state index in [-0.39, 0.29) is 10.5 Å². The number of allylic oxidation sites excluding steroid dienone is 1. The van der Waals surface area contributed by atoms with E-state index in [1.807, 2.05) is 0 Å². The molecule has 0 amide bonds. The molecule has 0 radical (unpaired) electrons. The molecule has 0 aliphatic rings. The van der Waals surface area contributed by atoms with Crippen molar-refractivity contribution in [3.8, 4) is 0 Å². The van der Waals surface area contributed by atoms with E-state index in [4.69, 9.17) is 0 Å². The number of ether oxygens (including phenoxy) is 1. The van der Waals surface area contributed by atoms with Crippen molar-refractivity contribution in [2.75, 3.05) is 0 Å². The third kappa shape index (κ3) is 3.03. The van der Waals surface area contributed by atoms with Crippen LogP contribution in [0.15, 0.2) is 12.3 Å². The van der Waals surface area contributed by atoms with Gasteiger partial charge < -0.3 is 9.16 Å². The first-order valence-corrected chi connectivity index (χ1v) is 3.44. The first-order valence-electron chi connectivity index (χ1n) is 2.62. The number of carbonyl (C=O) groups is 2. The first kappa shape index (κ1) is 8.90. The highest BCUT2D eigenvalue weighted by atomic mass is 28.2. The minimum Gasteiger partial charge on any atom is -0.521 e. The van der Waals surface area contributed by atoms with E-state index in [1.165, 1.54) is 6.08 Å². The Hall–Kier alpha value is -1.10. The van der Waals surface area contributed by atoms with Crippen LogP contribution >= 0.6 is 0 Å². The van der Waals surface area contributed by atoms with Gasteiger partial charge >= 0.3 is 11.9 Å². The van der Waals surface area contributed by atoms with Crippen LogP contribution in [-0.4, -0.2) is 22.4 Å². The first-order chi connectivity index (χ1) is 4.72. The van der Waals surface area contributed by atoms with Crippen molar-refractivity contribution in [2.24, 2.45) is 0 Å². The van der Waals surface area contributed by atoms with E-state index in [2.05, 4.69) is 9.16 Å². The van der Waals surface area contributed by atoms with Crippen LogP contribution in [0.25, 0.3) is 0 Å². The summed E-state index contributed by atoms with van der Waals surface area (Å²) in [5, 5.41) is 0. The van der Waals surface area contributed by atoms with Gasteiger partial charge in [0.1, 0.15) is 0 Å². The van der Waals surface area contributed by atoms with E-state index < -0.39 is 11.9 Å². The minimum atomic E-state index is -0.979. The Morgan fingerprint density at radius 3 is 2.40 bits per heavy atom. The zero-order valence-corrected chi connectivity index (χ0v) is 7.79. The number of carbonyl (C=O) groups excluding carboxylic acids is 2. The van der Waals surface area contributed by atoms with Gasteiger partial charge in [0.05, 0.1) is 6.26 Å². The second-order valence-electron chi connectivity index (χ2n) is 1.37. The van der Waals surface area contributed by atoms with Gasteiger partial charge in [0.2, 0.25) is 10.5 Å². The molecule has 0 aliphatic carbocycles. The molecule has 0 atom stereocenters. The smallest absolute Gasteiger partial charge is 0.420 e. The molecule has 0 saturated carbocycles. The number of esters is 1. The van der Waals surface area contributed by atoms with E-state index in [0.717, 1.165) is 6.26 Å². The summed E-state index contributed by atoms with van der Waals surface area (Å²) in [6, 6.07) is 0. The summed E-state index contributed by atoms with van der Waals surface area (Å²) < 4.78 is 8.47. The molecule has 0 saturated heterocycles. The maximum Gasteiger partial charge on any atom is 0.420 e. The molecule has 4 nitrogen and oxygen atoms in total. The van der Waals surface area contributed by atoms with Crippen LogP contribution in [0.3, 0.4) is 0 Å². The van der Waals surface area contributed by atoms with Crippen LogP contribution in [0.5, 0.6) is 0 Å². The largest absolute Gasteiger partial charge is 0.521 e. The zero-order valence-electron chi connectivity index (χ0n) is 5.79. The quantitative estimate of drug-likeness (QED) is 0.211. The third-order valence-corrected chi connectivity index (χ3v) is 1.03. The maximum atomic E-state index is 10.4. The van der Waals surface area contributed by atoms with Crippen molar-refractivity contribution in [1.29, 1.82) is 0 Å². The Balaban J connectivity index is 3.74. The molecule has 0 aromatic carbocycles. The van der Waals surface area contributed by atoms with Gasteiger partial charge in [0, 0.05) is 0 Å². The average Bonchev–Trinajstić information content (AvgIpc) is 1.98. The van der Waals surface area contributed by atoms with Gasteiger partial charge in [-0.25, -0.2) is 9.59 Å². The molecule has 0 spiro atoms. The lowest BCUT2D eigenvalue weighted by atomic mass is 10.7. The standard InChI is InChI=1S/C5H8O4Si/c1-2-3-8-4(6)5(7)9-10/h2-3H,1,10H3. The second-order valence-corrected chi connectivity index (χ2v) is 1.77. The molecular formula is C5H8O4Si. The summed E-state index contributed by atoms with van der Waals surface area (Å²) in [6.07, 6.45) is 2.62. The third-order valence-electron chi connectivity index (χ3n) is 0.663. The van der Waals surface area contributed by atoms with Gasteiger partial charge in [-0.3, -0.25) is 0 Å². The van der Waals surface area contributed by atoms with Crippen molar-refractivity contribution in [1.82, 2.24) is 0 Å². The minimum absolute atomic E-state index is 0.205. The predicted molar refractivity (Wildman–Crippen MR) is 36.9 cm³/mol. The van der Waals surface area contributed by atoms with Gasteiger partial charge in [-0.15, -0.1) is 0 Å². The monoisotopic (exact) mass is 160 g/mol. The lowest BCUT2D eigenvalue weighted by Gasteiger charge is -1.94. The fourth-order valence-corrected chi connectivity index (χ4v) is 0.428. The number of hydrogen-bond acceptors (Lipinski definition) is 4. The molecule has 0 aromatic rings. The van der Waals surface area contributed by atoms with E-state index in [9.17, 15) is 9.59 Å². The highest BCUT2D eigenvalue weighted by molar-refractivity contribution is 6.33. The molecule has 0 bridgehead atoms. The maximum absolute atomic E-state index is 10.4. The Morgan fingerprint density at radius 1 is 1.40 bits per heavy atom. The average molecular weight is 160 g/mol. The normalized spacial score (nSPS) is 9.70. The summed E-state index contributed by atoms with van der Waals surface area (Å²) >= 11 is 0. The number of rotatable bonds is 1. The molecule has 0 rings (SSSR count). The summed E-state index contributed by atoms with van der Waals surface area (Å²) in [4.78, 5) is 20.7. The summed E-state index contributed by atoms with van der Waals surface area (Å²) in [6.45, 7) is 1.67. The lowest BCUT2D eigenvalue weighted by Crippen LogP contribution is -2.16. The summed E-state index contributed by atoms with van der Waals surface area (Å²) in [5.41, 5.74) is 0. The van der Waals surface area contributed by atoms with E-state index >= 15 is 0 Å². The molecule has 10 heavy (non-hydrogen) atoms. The number of hydrogen-bond donors (Lipinski definition) is 0. The van der Waals surface area contributed by atoms with Gasteiger partial charge in [-0.1, -0.05) is 6.08 Å². The van der Waals surface area contributed by atoms with Gasteiger partial charge in [0.25, 0.3) is 0 Å². The van der Waals surface area contributed by atoms with Crippen LogP contribution in [0, 0.1) is 0 Å². The molecule has 0 unspecified atom stereocenters.